The molecule has 48 valence electrons. The number of aromatic nitrogens is 1. The smallest absolute Gasteiger partial charge is 0.186 e. The van der Waals surface area contributed by atoms with Gasteiger partial charge < -0.3 is 0 Å². The van der Waals surface area contributed by atoms with E-state index in [4.69, 9.17) is 11.6 Å². The summed E-state index contributed by atoms with van der Waals surface area (Å²) in [6, 6.07) is 0. The van der Waals surface area contributed by atoms with Crippen molar-refractivity contribution in [3.8, 4) is 0 Å². The molecule has 9 heavy (non-hydrogen) atoms. The van der Waals surface area contributed by atoms with Gasteiger partial charge >= 0.3 is 0 Å². The highest BCUT2D eigenvalue weighted by atomic mass is 35.5. The van der Waals surface area contributed by atoms with E-state index in [2.05, 4.69) is 4.98 Å². The SMILES string of the molecule is Cc1c[nH+]cc(Cl)c1C. The molecular formula is C7H9ClN+. The number of rotatable bonds is 0. The summed E-state index contributed by atoms with van der Waals surface area (Å²) >= 11 is 5.78. The summed E-state index contributed by atoms with van der Waals surface area (Å²) in [4.78, 5) is 2.94. The highest BCUT2D eigenvalue weighted by molar-refractivity contribution is 6.31. The zero-order valence-corrected chi connectivity index (χ0v) is 6.29. The molecule has 0 aromatic carbocycles. The Balaban J connectivity index is 3.25. The molecule has 1 aromatic rings. The molecule has 0 bridgehead atoms. The van der Waals surface area contributed by atoms with E-state index in [9.17, 15) is 0 Å². The maximum absolute atomic E-state index is 5.78. The van der Waals surface area contributed by atoms with Crippen LogP contribution in [-0.2, 0) is 0 Å². The summed E-state index contributed by atoms with van der Waals surface area (Å²) in [5.74, 6) is 0. The lowest BCUT2D eigenvalue weighted by molar-refractivity contribution is -0.378. The fourth-order valence-electron chi connectivity index (χ4n) is 0.645. The second kappa shape index (κ2) is 2.36. The number of nitrogens with one attached hydrogen (secondary N) is 1. The van der Waals surface area contributed by atoms with Crippen molar-refractivity contribution in [3.05, 3.63) is 28.5 Å². The van der Waals surface area contributed by atoms with Gasteiger partial charge in [0.25, 0.3) is 0 Å². The number of halogens is 1. The van der Waals surface area contributed by atoms with Gasteiger partial charge in [-0.2, -0.15) is 0 Å². The molecule has 1 rings (SSSR count). The minimum absolute atomic E-state index is 0.801. The van der Waals surface area contributed by atoms with E-state index in [1.165, 1.54) is 5.56 Å². The number of aromatic amines is 1. The lowest BCUT2D eigenvalue weighted by atomic mass is 10.2. The third kappa shape index (κ3) is 1.22. The van der Waals surface area contributed by atoms with Crippen molar-refractivity contribution in [1.82, 2.24) is 0 Å². The minimum atomic E-state index is 0.801. The molecule has 0 fully saturated rings. The molecule has 0 saturated carbocycles. The van der Waals surface area contributed by atoms with Gasteiger partial charge in [-0.15, -0.1) is 0 Å². The predicted octanol–water partition coefficient (Wildman–Crippen LogP) is 1.77. The van der Waals surface area contributed by atoms with E-state index in [0.29, 0.717) is 0 Å². The topological polar surface area (TPSA) is 14.1 Å². The fourth-order valence-corrected chi connectivity index (χ4v) is 0.857. The minimum Gasteiger partial charge on any atom is -0.216 e. The van der Waals surface area contributed by atoms with E-state index in [-0.39, 0.29) is 0 Å². The molecule has 0 atom stereocenters. The lowest BCUT2D eigenvalue weighted by Crippen LogP contribution is -2.01. The zero-order valence-electron chi connectivity index (χ0n) is 5.53. The summed E-state index contributed by atoms with van der Waals surface area (Å²) in [6.07, 6.45) is 3.71. The van der Waals surface area contributed by atoms with Crippen molar-refractivity contribution < 1.29 is 4.98 Å². The van der Waals surface area contributed by atoms with E-state index in [0.717, 1.165) is 10.6 Å². The maximum Gasteiger partial charge on any atom is 0.186 e. The van der Waals surface area contributed by atoms with Crippen molar-refractivity contribution in [2.45, 2.75) is 13.8 Å². The molecule has 0 radical (unpaired) electrons. The average Bonchev–Trinajstić information content (AvgIpc) is 1.83. The zero-order chi connectivity index (χ0) is 6.85. The first-order valence-electron chi connectivity index (χ1n) is 2.84. The van der Waals surface area contributed by atoms with Crippen LogP contribution in [0.2, 0.25) is 5.02 Å². The second-order valence-electron chi connectivity index (χ2n) is 2.11. The molecule has 0 aliphatic heterocycles. The van der Waals surface area contributed by atoms with E-state index < -0.39 is 0 Å². The van der Waals surface area contributed by atoms with E-state index in [1.54, 1.807) is 6.20 Å². The first kappa shape index (κ1) is 6.56. The van der Waals surface area contributed by atoms with Gasteiger partial charge in [0.1, 0.15) is 5.02 Å². The quantitative estimate of drug-likeness (QED) is 0.524. The Morgan fingerprint density at radius 1 is 1.33 bits per heavy atom. The van der Waals surface area contributed by atoms with Gasteiger partial charge in [-0.25, -0.2) is 4.98 Å². The molecule has 0 aliphatic rings. The van der Waals surface area contributed by atoms with Gasteiger partial charge in [0.2, 0.25) is 0 Å². The Labute approximate surface area is 59.7 Å². The molecule has 0 amide bonds. The number of hydrogen-bond donors (Lipinski definition) is 0. The molecule has 0 unspecified atom stereocenters. The first-order valence-corrected chi connectivity index (χ1v) is 3.22. The van der Waals surface area contributed by atoms with Crippen molar-refractivity contribution in [1.29, 1.82) is 0 Å². The van der Waals surface area contributed by atoms with Crippen LogP contribution >= 0.6 is 11.6 Å². The monoisotopic (exact) mass is 142 g/mol. The standard InChI is InChI=1S/C7H8ClN/c1-5-3-9-4-7(8)6(5)2/h3-4H,1-2H3/p+1. The average molecular weight is 143 g/mol. The number of aryl methyl sites for hydroxylation is 1. The maximum atomic E-state index is 5.78. The second-order valence-corrected chi connectivity index (χ2v) is 2.52. The van der Waals surface area contributed by atoms with Crippen LogP contribution in [0.25, 0.3) is 0 Å². The molecule has 1 heterocycles. The molecule has 0 spiro atoms. The summed E-state index contributed by atoms with van der Waals surface area (Å²) in [6.45, 7) is 4.03. The third-order valence-electron chi connectivity index (χ3n) is 1.46. The fraction of sp³-hybridized carbons (Fsp3) is 0.286. The normalized spacial score (nSPS) is 9.67. The molecule has 0 saturated heterocycles. The van der Waals surface area contributed by atoms with Crippen molar-refractivity contribution >= 4 is 11.6 Å². The van der Waals surface area contributed by atoms with Crippen LogP contribution in [0.3, 0.4) is 0 Å². The van der Waals surface area contributed by atoms with Crippen LogP contribution in [0.5, 0.6) is 0 Å². The van der Waals surface area contributed by atoms with Crippen molar-refractivity contribution in [2.75, 3.05) is 0 Å². The van der Waals surface area contributed by atoms with Crippen molar-refractivity contribution in [3.63, 3.8) is 0 Å². The lowest BCUT2D eigenvalue weighted by Gasteiger charge is -1.93. The Kier molecular flexibility index (Phi) is 1.72. The summed E-state index contributed by atoms with van der Waals surface area (Å²) < 4.78 is 0. The van der Waals surface area contributed by atoms with Crippen LogP contribution in [0.1, 0.15) is 11.1 Å². The Hall–Kier alpha value is -0.560. The van der Waals surface area contributed by atoms with Crippen molar-refractivity contribution in [2.24, 2.45) is 0 Å². The van der Waals surface area contributed by atoms with Gasteiger partial charge in [-0.05, 0) is 19.4 Å². The number of hydrogen-bond acceptors (Lipinski definition) is 0. The summed E-state index contributed by atoms with van der Waals surface area (Å²) in [5, 5.41) is 0.801. The van der Waals surface area contributed by atoms with Crippen LogP contribution in [-0.4, -0.2) is 0 Å². The first-order chi connectivity index (χ1) is 4.22. The summed E-state index contributed by atoms with van der Waals surface area (Å²) in [5.41, 5.74) is 2.35. The molecule has 1 N–H and O–H groups in total. The molecule has 0 aliphatic carbocycles. The van der Waals surface area contributed by atoms with Crippen LogP contribution in [0.15, 0.2) is 12.4 Å². The molecule has 1 aromatic heterocycles. The number of pyridine rings is 1. The van der Waals surface area contributed by atoms with E-state index in [1.807, 2.05) is 20.0 Å². The Bertz CT molecular complexity index is 200. The van der Waals surface area contributed by atoms with Crippen LogP contribution in [0, 0.1) is 13.8 Å². The largest absolute Gasteiger partial charge is 0.216 e. The Morgan fingerprint density at radius 2 is 2.00 bits per heavy atom. The van der Waals surface area contributed by atoms with Gasteiger partial charge in [-0.1, -0.05) is 11.6 Å². The van der Waals surface area contributed by atoms with Gasteiger partial charge in [0.15, 0.2) is 12.4 Å². The van der Waals surface area contributed by atoms with E-state index >= 15 is 0 Å². The van der Waals surface area contributed by atoms with Gasteiger partial charge in [0, 0.05) is 5.56 Å². The predicted molar refractivity (Wildman–Crippen MR) is 37.5 cm³/mol. The molecule has 1 nitrogen and oxygen atoms in total. The third-order valence-corrected chi connectivity index (χ3v) is 1.85. The van der Waals surface area contributed by atoms with Gasteiger partial charge in [-0.3, -0.25) is 0 Å². The number of H-pyrrole nitrogens is 1. The van der Waals surface area contributed by atoms with Crippen LogP contribution in [0.4, 0.5) is 0 Å². The highest BCUT2D eigenvalue weighted by Crippen LogP contribution is 2.13. The summed E-state index contributed by atoms with van der Waals surface area (Å²) in [7, 11) is 0. The van der Waals surface area contributed by atoms with Gasteiger partial charge in [0.05, 0.1) is 0 Å². The molecular weight excluding hydrogens is 134 g/mol. The highest BCUT2D eigenvalue weighted by Gasteiger charge is 1.99. The Morgan fingerprint density at radius 3 is 2.44 bits per heavy atom. The molecule has 2 heteroatoms. The van der Waals surface area contributed by atoms with Crippen LogP contribution < -0.4 is 4.98 Å².